The number of methoxy groups -OCH3 is 1. The molecule has 0 bridgehead atoms. The Balaban J connectivity index is 1.58. The van der Waals surface area contributed by atoms with Gasteiger partial charge in [-0.05, 0) is 19.1 Å². The maximum absolute atomic E-state index is 11.4. The molecule has 6 heteroatoms. The molecule has 1 saturated heterocycles. The van der Waals surface area contributed by atoms with Crippen molar-refractivity contribution in [3.05, 3.63) is 24.0 Å². The van der Waals surface area contributed by atoms with E-state index in [-0.39, 0.29) is 24.2 Å². The number of thioether (sulfide) groups is 1. The molecule has 1 N–H and O–H groups in total. The van der Waals surface area contributed by atoms with Crippen LogP contribution in [0.4, 0.5) is 0 Å². The zero-order valence-corrected chi connectivity index (χ0v) is 12.4. The summed E-state index contributed by atoms with van der Waals surface area (Å²) >= 11 is 1.79. The zero-order valence-electron chi connectivity index (χ0n) is 11.5. The van der Waals surface area contributed by atoms with Crippen LogP contribution in [0.15, 0.2) is 29.0 Å². The lowest BCUT2D eigenvalue weighted by Crippen LogP contribution is -2.31. The summed E-state index contributed by atoms with van der Waals surface area (Å²) in [5.74, 6) is 0.624. The molecule has 3 aliphatic rings. The number of hydrogen-bond donors (Lipinski definition) is 1. The molecule has 2 heterocycles. The Morgan fingerprint density at radius 3 is 3.20 bits per heavy atom. The first kappa shape index (κ1) is 13.7. The van der Waals surface area contributed by atoms with E-state index in [4.69, 9.17) is 9.47 Å². The fourth-order valence-corrected chi connectivity index (χ4v) is 3.68. The maximum atomic E-state index is 11.4. The van der Waals surface area contributed by atoms with Gasteiger partial charge in [0.15, 0.2) is 0 Å². The molecule has 0 aromatic heterocycles. The molecule has 0 aromatic rings. The minimum absolute atomic E-state index is 0.00526. The summed E-state index contributed by atoms with van der Waals surface area (Å²) in [7, 11) is 1.41. The second kappa shape index (κ2) is 5.61. The fraction of sp³-hybridized carbons (Fsp3) is 0.571. The molecule has 1 fully saturated rings. The van der Waals surface area contributed by atoms with Crippen molar-refractivity contribution in [2.75, 3.05) is 13.7 Å². The van der Waals surface area contributed by atoms with Crippen molar-refractivity contribution in [3.8, 4) is 0 Å². The molecule has 5 nitrogen and oxygen atoms in total. The molecular weight excluding hydrogens is 276 g/mol. The highest BCUT2D eigenvalue weighted by molar-refractivity contribution is 8.14. The van der Waals surface area contributed by atoms with E-state index < -0.39 is 0 Å². The molecule has 20 heavy (non-hydrogen) atoms. The number of carbonyl (C=O) groups is 1. The minimum atomic E-state index is -0.256. The monoisotopic (exact) mass is 294 g/mol. The van der Waals surface area contributed by atoms with Gasteiger partial charge in [0.1, 0.15) is 17.9 Å². The summed E-state index contributed by atoms with van der Waals surface area (Å²) in [6.45, 7) is 2.70. The van der Waals surface area contributed by atoms with Crippen LogP contribution in [0.1, 0.15) is 13.3 Å². The SMILES string of the molecule is COC(=O)[C@@H]1C[C@@H](OC2=C[C@H]3N=C(C)S[C@@H]3C=C2)CN1. The van der Waals surface area contributed by atoms with E-state index in [9.17, 15) is 4.79 Å². The van der Waals surface area contributed by atoms with Crippen LogP contribution < -0.4 is 5.32 Å². The van der Waals surface area contributed by atoms with E-state index in [0.717, 1.165) is 10.8 Å². The summed E-state index contributed by atoms with van der Waals surface area (Å²) in [5, 5.41) is 4.65. The Bertz CT molecular complexity index is 501. The Labute approximate surface area is 122 Å². The Morgan fingerprint density at radius 2 is 2.40 bits per heavy atom. The third kappa shape index (κ3) is 2.76. The highest BCUT2D eigenvalue weighted by Crippen LogP contribution is 2.33. The summed E-state index contributed by atoms with van der Waals surface area (Å²) in [5.41, 5.74) is 0. The number of nitrogens with one attached hydrogen (secondary N) is 1. The Kier molecular flexibility index (Phi) is 3.85. The van der Waals surface area contributed by atoms with Gasteiger partial charge in [0, 0.05) is 13.0 Å². The maximum Gasteiger partial charge on any atom is 0.323 e. The summed E-state index contributed by atoms with van der Waals surface area (Å²) in [6, 6.07) is -0.0704. The van der Waals surface area contributed by atoms with E-state index in [1.807, 2.05) is 13.0 Å². The normalized spacial score (nSPS) is 35.3. The third-order valence-electron chi connectivity index (χ3n) is 3.64. The standard InChI is InChI=1S/C14H18N2O3S/c1-8-16-11-5-9(3-4-13(11)20-8)19-10-6-12(15-7-10)14(17)18-2/h3-5,10-13,15H,6-7H2,1-2H3/t10-,11-,12+,13-/m1/s1. The smallest absolute Gasteiger partial charge is 0.323 e. The van der Waals surface area contributed by atoms with Crippen LogP contribution >= 0.6 is 11.8 Å². The Hall–Kier alpha value is -1.27. The molecule has 4 atom stereocenters. The first-order valence-corrected chi connectivity index (χ1v) is 7.62. The molecule has 2 aliphatic heterocycles. The van der Waals surface area contributed by atoms with Gasteiger partial charge in [-0.1, -0.05) is 6.08 Å². The van der Waals surface area contributed by atoms with Gasteiger partial charge in [-0.2, -0.15) is 0 Å². The van der Waals surface area contributed by atoms with Gasteiger partial charge in [-0.25, -0.2) is 0 Å². The average molecular weight is 294 g/mol. The largest absolute Gasteiger partial charge is 0.489 e. The second-order valence-corrected chi connectivity index (χ2v) is 6.48. The van der Waals surface area contributed by atoms with Crippen LogP contribution in [0.25, 0.3) is 0 Å². The molecule has 0 unspecified atom stereocenters. The molecule has 0 radical (unpaired) electrons. The molecule has 3 rings (SSSR count). The van der Waals surface area contributed by atoms with Crippen LogP contribution in [0.3, 0.4) is 0 Å². The van der Waals surface area contributed by atoms with E-state index in [1.165, 1.54) is 7.11 Å². The lowest BCUT2D eigenvalue weighted by molar-refractivity contribution is -0.142. The van der Waals surface area contributed by atoms with E-state index in [0.29, 0.717) is 18.2 Å². The number of aliphatic imine (C=N–C) groups is 1. The van der Waals surface area contributed by atoms with Gasteiger partial charge in [0.05, 0.1) is 23.4 Å². The van der Waals surface area contributed by atoms with Gasteiger partial charge in [-0.15, -0.1) is 11.8 Å². The first-order chi connectivity index (χ1) is 9.65. The summed E-state index contributed by atoms with van der Waals surface area (Å²) < 4.78 is 10.7. The second-order valence-electron chi connectivity index (χ2n) is 5.11. The molecule has 0 spiro atoms. The van der Waals surface area contributed by atoms with Crippen molar-refractivity contribution in [1.82, 2.24) is 5.32 Å². The summed E-state index contributed by atoms with van der Waals surface area (Å²) in [6.07, 6.45) is 6.87. The fourth-order valence-electron chi connectivity index (χ4n) is 2.67. The van der Waals surface area contributed by atoms with Gasteiger partial charge < -0.3 is 14.8 Å². The average Bonchev–Trinajstić information content (AvgIpc) is 3.03. The van der Waals surface area contributed by atoms with E-state index >= 15 is 0 Å². The van der Waals surface area contributed by atoms with Gasteiger partial charge in [0.2, 0.25) is 0 Å². The van der Waals surface area contributed by atoms with Crippen molar-refractivity contribution in [1.29, 1.82) is 0 Å². The molecule has 0 amide bonds. The van der Waals surface area contributed by atoms with Gasteiger partial charge in [-0.3, -0.25) is 9.79 Å². The number of allylic oxidation sites excluding steroid dienone is 1. The van der Waals surface area contributed by atoms with Crippen molar-refractivity contribution in [2.45, 2.75) is 36.8 Å². The molecule has 1 aliphatic carbocycles. The van der Waals surface area contributed by atoms with Crippen molar-refractivity contribution in [2.24, 2.45) is 4.99 Å². The molecular formula is C14H18N2O3S. The van der Waals surface area contributed by atoms with Crippen molar-refractivity contribution in [3.63, 3.8) is 0 Å². The molecule has 0 aromatic carbocycles. The van der Waals surface area contributed by atoms with Crippen LogP contribution in [0, 0.1) is 0 Å². The van der Waals surface area contributed by atoms with E-state index in [1.54, 1.807) is 11.8 Å². The predicted molar refractivity (Wildman–Crippen MR) is 78.8 cm³/mol. The number of fused-ring (bicyclic) bond motifs is 1. The van der Waals surface area contributed by atoms with Crippen molar-refractivity contribution < 1.29 is 14.3 Å². The van der Waals surface area contributed by atoms with Crippen LogP contribution in [0.5, 0.6) is 0 Å². The number of esters is 1. The molecule has 108 valence electrons. The number of nitrogens with zero attached hydrogens (tertiary/aromatic N) is 1. The quantitative estimate of drug-likeness (QED) is 0.794. The lowest BCUT2D eigenvalue weighted by Gasteiger charge is -2.20. The molecule has 0 saturated carbocycles. The first-order valence-electron chi connectivity index (χ1n) is 6.74. The van der Waals surface area contributed by atoms with Crippen LogP contribution in [0.2, 0.25) is 0 Å². The zero-order chi connectivity index (χ0) is 14.1. The number of carbonyl (C=O) groups excluding carboxylic acids is 1. The highest BCUT2D eigenvalue weighted by atomic mass is 32.2. The Morgan fingerprint density at radius 1 is 1.55 bits per heavy atom. The van der Waals surface area contributed by atoms with Gasteiger partial charge >= 0.3 is 5.97 Å². The topological polar surface area (TPSA) is 59.9 Å². The van der Waals surface area contributed by atoms with Crippen LogP contribution in [-0.4, -0.2) is 48.1 Å². The predicted octanol–water partition coefficient (Wildman–Crippen LogP) is 1.26. The summed E-state index contributed by atoms with van der Waals surface area (Å²) in [4.78, 5) is 16.0. The van der Waals surface area contributed by atoms with Gasteiger partial charge in [0.25, 0.3) is 0 Å². The van der Waals surface area contributed by atoms with Crippen molar-refractivity contribution >= 4 is 22.8 Å². The number of rotatable bonds is 3. The van der Waals surface area contributed by atoms with E-state index in [2.05, 4.69) is 22.5 Å². The highest BCUT2D eigenvalue weighted by Gasteiger charge is 2.33. The number of ether oxygens (including phenoxy) is 2. The lowest BCUT2D eigenvalue weighted by atomic mass is 10.1. The minimum Gasteiger partial charge on any atom is -0.489 e. The van der Waals surface area contributed by atoms with Crippen LogP contribution in [-0.2, 0) is 14.3 Å². The number of hydrogen-bond acceptors (Lipinski definition) is 6. The third-order valence-corrected chi connectivity index (χ3v) is 4.79.